The highest BCUT2D eigenvalue weighted by Gasteiger charge is 2.39. The molecule has 2 aliphatic rings. The van der Waals surface area contributed by atoms with Crippen LogP contribution in [0.15, 0.2) is 18.6 Å². The van der Waals surface area contributed by atoms with E-state index in [-0.39, 0.29) is 0 Å². The summed E-state index contributed by atoms with van der Waals surface area (Å²) >= 11 is 0. The Hall–Kier alpha value is -1.65. The van der Waals surface area contributed by atoms with E-state index in [0.29, 0.717) is 30.1 Å². The average Bonchev–Trinajstić information content (AvgIpc) is 2.90. The number of aromatic nitrogens is 2. The first-order chi connectivity index (χ1) is 10.1. The summed E-state index contributed by atoms with van der Waals surface area (Å²) in [5.41, 5.74) is 0. The highest BCUT2D eigenvalue weighted by Crippen LogP contribution is 2.33. The predicted octanol–water partition coefficient (Wildman–Crippen LogP) is 1.81. The van der Waals surface area contributed by atoms with Gasteiger partial charge in [0, 0.05) is 45.0 Å². The van der Waals surface area contributed by atoms with Crippen LogP contribution in [0.3, 0.4) is 0 Å². The molecule has 0 saturated carbocycles. The Morgan fingerprint density at radius 1 is 1.29 bits per heavy atom. The number of piperidine rings is 1. The minimum absolute atomic E-state index is 0.324. The maximum Gasteiger partial charge on any atom is 0.222 e. The molecule has 0 bridgehead atoms. The molecule has 2 fully saturated rings. The highest BCUT2D eigenvalue weighted by atomic mass is 16.2. The van der Waals surface area contributed by atoms with Gasteiger partial charge in [-0.3, -0.25) is 9.78 Å². The van der Waals surface area contributed by atoms with Crippen LogP contribution in [0.4, 0.5) is 5.82 Å². The third-order valence-electron chi connectivity index (χ3n) is 4.61. The highest BCUT2D eigenvalue weighted by molar-refractivity contribution is 5.76. The third kappa shape index (κ3) is 3.17. The first kappa shape index (κ1) is 14.3. The van der Waals surface area contributed by atoms with E-state index in [4.69, 9.17) is 0 Å². The summed E-state index contributed by atoms with van der Waals surface area (Å²) in [5.74, 6) is 2.97. The number of hydrogen-bond acceptors (Lipinski definition) is 4. The summed E-state index contributed by atoms with van der Waals surface area (Å²) in [5, 5.41) is 0. The van der Waals surface area contributed by atoms with E-state index in [2.05, 4.69) is 33.6 Å². The van der Waals surface area contributed by atoms with Crippen molar-refractivity contribution in [3.63, 3.8) is 0 Å². The molecule has 3 rings (SSSR count). The number of hydrogen-bond donors (Lipinski definition) is 0. The number of likely N-dealkylation sites (tertiary alicyclic amines) is 1. The second-order valence-electron chi connectivity index (χ2n) is 6.72. The van der Waals surface area contributed by atoms with Crippen LogP contribution >= 0.6 is 0 Å². The number of amides is 1. The molecule has 0 radical (unpaired) electrons. The quantitative estimate of drug-likeness (QED) is 0.851. The lowest BCUT2D eigenvalue weighted by molar-refractivity contribution is -0.131. The van der Waals surface area contributed by atoms with Crippen LogP contribution in [-0.4, -0.2) is 47.0 Å². The summed E-state index contributed by atoms with van der Waals surface area (Å²) in [4.78, 5) is 25.2. The fourth-order valence-corrected chi connectivity index (χ4v) is 3.51. The molecule has 114 valence electrons. The summed E-state index contributed by atoms with van der Waals surface area (Å²) in [6, 6.07) is 0. The van der Waals surface area contributed by atoms with Crippen molar-refractivity contribution in [1.29, 1.82) is 0 Å². The van der Waals surface area contributed by atoms with E-state index in [1.807, 2.05) is 6.20 Å². The van der Waals surface area contributed by atoms with E-state index in [0.717, 1.165) is 38.4 Å². The van der Waals surface area contributed by atoms with Gasteiger partial charge in [-0.05, 0) is 24.2 Å². The van der Waals surface area contributed by atoms with E-state index in [1.54, 1.807) is 12.4 Å². The molecule has 5 heteroatoms. The monoisotopic (exact) mass is 288 g/mol. The van der Waals surface area contributed by atoms with Gasteiger partial charge in [-0.25, -0.2) is 4.98 Å². The Bertz CT molecular complexity index is 490. The molecule has 5 nitrogen and oxygen atoms in total. The van der Waals surface area contributed by atoms with E-state index >= 15 is 0 Å². The maximum atomic E-state index is 12.2. The normalized spacial score (nSPS) is 25.3. The zero-order chi connectivity index (χ0) is 14.8. The fourth-order valence-electron chi connectivity index (χ4n) is 3.51. The van der Waals surface area contributed by atoms with Crippen molar-refractivity contribution in [1.82, 2.24) is 14.9 Å². The molecule has 2 saturated heterocycles. The molecule has 0 N–H and O–H groups in total. The smallest absolute Gasteiger partial charge is 0.222 e. The topological polar surface area (TPSA) is 49.3 Å². The molecule has 0 aliphatic carbocycles. The van der Waals surface area contributed by atoms with Crippen LogP contribution in [0, 0.1) is 17.8 Å². The molecule has 0 unspecified atom stereocenters. The van der Waals surface area contributed by atoms with Crippen molar-refractivity contribution in [2.45, 2.75) is 26.7 Å². The minimum Gasteiger partial charge on any atom is -0.355 e. The lowest BCUT2D eigenvalue weighted by atomic mass is 9.89. The first-order valence-corrected chi connectivity index (χ1v) is 7.92. The second kappa shape index (κ2) is 6.00. The van der Waals surface area contributed by atoms with Crippen molar-refractivity contribution in [2.24, 2.45) is 17.8 Å². The summed E-state index contributed by atoms with van der Waals surface area (Å²) in [6.45, 7) is 8.09. The van der Waals surface area contributed by atoms with Crippen LogP contribution in [-0.2, 0) is 4.79 Å². The van der Waals surface area contributed by atoms with Crippen molar-refractivity contribution >= 4 is 11.7 Å². The van der Waals surface area contributed by atoms with Crippen LogP contribution in [0.2, 0.25) is 0 Å². The van der Waals surface area contributed by atoms with Gasteiger partial charge in [0.25, 0.3) is 0 Å². The third-order valence-corrected chi connectivity index (χ3v) is 4.61. The molecule has 3 heterocycles. The lowest BCUT2D eigenvalue weighted by Gasteiger charge is -2.34. The zero-order valence-electron chi connectivity index (χ0n) is 12.9. The van der Waals surface area contributed by atoms with Crippen LogP contribution in [0.25, 0.3) is 0 Å². The van der Waals surface area contributed by atoms with E-state index in [9.17, 15) is 4.79 Å². The van der Waals surface area contributed by atoms with Gasteiger partial charge in [0.1, 0.15) is 5.82 Å². The summed E-state index contributed by atoms with van der Waals surface area (Å²) in [6.07, 6.45) is 7.10. The molecule has 1 amide bonds. The summed E-state index contributed by atoms with van der Waals surface area (Å²) < 4.78 is 0. The van der Waals surface area contributed by atoms with Crippen LogP contribution in [0.1, 0.15) is 26.7 Å². The van der Waals surface area contributed by atoms with Gasteiger partial charge >= 0.3 is 0 Å². The van der Waals surface area contributed by atoms with Gasteiger partial charge in [0.2, 0.25) is 5.91 Å². The summed E-state index contributed by atoms with van der Waals surface area (Å²) in [7, 11) is 0. The largest absolute Gasteiger partial charge is 0.355 e. The number of anilines is 1. The number of fused-ring (bicyclic) bond motifs is 1. The first-order valence-electron chi connectivity index (χ1n) is 7.92. The fraction of sp³-hybridized carbons (Fsp3) is 0.688. The SMILES string of the molecule is CC(C)CC(=O)N1C[C@@H]2CN(c3cnccn3)CC[C@H]2C1. The van der Waals surface area contributed by atoms with Crippen molar-refractivity contribution in [2.75, 3.05) is 31.1 Å². The van der Waals surface area contributed by atoms with Gasteiger partial charge in [-0.2, -0.15) is 0 Å². The zero-order valence-corrected chi connectivity index (χ0v) is 12.9. The van der Waals surface area contributed by atoms with Crippen LogP contribution < -0.4 is 4.90 Å². The molecule has 1 aromatic heterocycles. The number of rotatable bonds is 3. The van der Waals surface area contributed by atoms with Gasteiger partial charge < -0.3 is 9.80 Å². The number of carbonyl (C=O) groups excluding carboxylic acids is 1. The Kier molecular flexibility index (Phi) is 4.08. The molecule has 2 aliphatic heterocycles. The van der Waals surface area contributed by atoms with E-state index < -0.39 is 0 Å². The average molecular weight is 288 g/mol. The van der Waals surface area contributed by atoms with E-state index in [1.165, 1.54) is 0 Å². The molecular formula is C16H24N4O. The number of carbonyl (C=O) groups is 1. The Labute approximate surface area is 126 Å². The lowest BCUT2D eigenvalue weighted by Crippen LogP contribution is -2.40. The van der Waals surface area contributed by atoms with Gasteiger partial charge in [0.05, 0.1) is 6.20 Å². The minimum atomic E-state index is 0.324. The second-order valence-corrected chi connectivity index (χ2v) is 6.72. The van der Waals surface area contributed by atoms with Gasteiger partial charge in [-0.1, -0.05) is 13.8 Å². The molecule has 0 aromatic carbocycles. The Balaban J connectivity index is 1.61. The van der Waals surface area contributed by atoms with Crippen molar-refractivity contribution in [3.05, 3.63) is 18.6 Å². The molecule has 0 spiro atoms. The predicted molar refractivity (Wildman–Crippen MR) is 81.9 cm³/mol. The molecule has 2 atom stereocenters. The Morgan fingerprint density at radius 3 is 2.81 bits per heavy atom. The van der Waals surface area contributed by atoms with Crippen molar-refractivity contribution in [3.8, 4) is 0 Å². The number of nitrogens with zero attached hydrogens (tertiary/aromatic N) is 4. The Morgan fingerprint density at radius 2 is 2.10 bits per heavy atom. The van der Waals surface area contributed by atoms with Crippen LogP contribution in [0.5, 0.6) is 0 Å². The molecule has 1 aromatic rings. The van der Waals surface area contributed by atoms with Gasteiger partial charge in [-0.15, -0.1) is 0 Å². The standard InChI is InChI=1S/C16H24N4O/c1-12(2)7-16(21)20-9-13-3-6-19(10-14(13)11-20)15-8-17-4-5-18-15/h4-5,8,12-14H,3,6-7,9-11H2,1-2H3/t13-,14-/m0/s1. The molecular weight excluding hydrogens is 264 g/mol. The van der Waals surface area contributed by atoms with Crippen molar-refractivity contribution < 1.29 is 4.79 Å². The van der Waals surface area contributed by atoms with Gasteiger partial charge in [0.15, 0.2) is 0 Å². The maximum absolute atomic E-state index is 12.2. The molecule has 21 heavy (non-hydrogen) atoms.